The van der Waals surface area contributed by atoms with Gasteiger partial charge in [0.2, 0.25) is 0 Å². The summed E-state index contributed by atoms with van der Waals surface area (Å²) in [5.41, 5.74) is -0.198. The lowest BCUT2D eigenvalue weighted by molar-refractivity contribution is -0.384. The minimum Gasteiger partial charge on any atom is -0.506 e. The van der Waals surface area contributed by atoms with Crippen LogP contribution < -0.4 is 5.32 Å². The maximum absolute atomic E-state index is 11.9. The van der Waals surface area contributed by atoms with Crippen molar-refractivity contribution in [2.75, 3.05) is 11.9 Å². The number of phenolic OH excluding ortho intramolecular Hbond substituents is 1. The smallest absolute Gasteiger partial charge is 0.271 e. The van der Waals surface area contributed by atoms with Crippen LogP contribution in [0.1, 0.15) is 19.8 Å². The van der Waals surface area contributed by atoms with Gasteiger partial charge in [-0.25, -0.2) is 0 Å². The van der Waals surface area contributed by atoms with Crippen LogP contribution in [-0.4, -0.2) is 28.6 Å². The fraction of sp³-hybridized carbons (Fsp3) is 0.462. The SMILES string of the molecule is C[C@H](OCC1CC1)C(=O)Nc1cc([N+](=O)[O-])ccc1O. The van der Waals surface area contributed by atoms with Crippen LogP contribution in [0.25, 0.3) is 0 Å². The van der Waals surface area contributed by atoms with Crippen molar-refractivity contribution in [2.45, 2.75) is 25.9 Å². The molecule has 0 heterocycles. The molecule has 7 heteroatoms. The van der Waals surface area contributed by atoms with Gasteiger partial charge in [-0.2, -0.15) is 0 Å². The van der Waals surface area contributed by atoms with Crippen molar-refractivity contribution in [3.63, 3.8) is 0 Å². The fourth-order valence-corrected chi connectivity index (χ4v) is 1.61. The summed E-state index contributed by atoms with van der Waals surface area (Å²) in [6.07, 6.45) is 1.58. The Bertz CT molecular complexity index is 527. The molecule has 2 N–H and O–H groups in total. The number of nitro groups is 1. The Morgan fingerprint density at radius 2 is 2.30 bits per heavy atom. The second-order valence-corrected chi connectivity index (χ2v) is 4.87. The maximum atomic E-state index is 11.9. The number of anilines is 1. The summed E-state index contributed by atoms with van der Waals surface area (Å²) >= 11 is 0. The third kappa shape index (κ3) is 3.67. The van der Waals surface area contributed by atoms with E-state index in [9.17, 15) is 20.0 Å². The van der Waals surface area contributed by atoms with Gasteiger partial charge in [-0.15, -0.1) is 0 Å². The molecule has 1 aliphatic rings. The van der Waals surface area contributed by atoms with Crippen molar-refractivity contribution < 1.29 is 19.6 Å². The molecular formula is C13H16N2O5. The molecule has 0 radical (unpaired) electrons. The molecule has 0 unspecified atom stereocenters. The standard InChI is InChI=1S/C13H16N2O5/c1-8(20-7-9-2-3-9)13(17)14-11-6-10(15(18)19)4-5-12(11)16/h4-6,8-9,16H,2-3,7H2,1H3,(H,14,17)/t8-/m0/s1. The predicted molar refractivity (Wildman–Crippen MR) is 71.5 cm³/mol. The molecule has 0 bridgehead atoms. The Labute approximate surface area is 115 Å². The minimum atomic E-state index is -0.672. The Hall–Kier alpha value is -2.15. The van der Waals surface area contributed by atoms with E-state index in [1.807, 2.05) is 0 Å². The number of nitrogens with zero attached hydrogens (tertiary/aromatic N) is 1. The van der Waals surface area contributed by atoms with E-state index in [1.165, 1.54) is 6.07 Å². The van der Waals surface area contributed by atoms with Gasteiger partial charge in [-0.3, -0.25) is 14.9 Å². The average Bonchev–Trinajstić information content (AvgIpc) is 3.22. The number of benzene rings is 1. The molecule has 108 valence electrons. The zero-order chi connectivity index (χ0) is 14.7. The average molecular weight is 280 g/mol. The lowest BCUT2D eigenvalue weighted by Gasteiger charge is -2.13. The van der Waals surface area contributed by atoms with E-state index < -0.39 is 16.9 Å². The third-order valence-corrected chi connectivity index (χ3v) is 3.10. The lowest BCUT2D eigenvalue weighted by atomic mass is 10.2. The van der Waals surface area contributed by atoms with Gasteiger partial charge in [0.25, 0.3) is 11.6 Å². The van der Waals surface area contributed by atoms with E-state index in [1.54, 1.807) is 6.92 Å². The Balaban J connectivity index is 1.98. The second kappa shape index (κ2) is 5.87. The van der Waals surface area contributed by atoms with Gasteiger partial charge in [0.05, 0.1) is 17.2 Å². The van der Waals surface area contributed by atoms with Crippen molar-refractivity contribution in [1.29, 1.82) is 0 Å². The highest BCUT2D eigenvalue weighted by Crippen LogP contribution is 2.30. The number of nitro benzene ring substituents is 1. The summed E-state index contributed by atoms with van der Waals surface area (Å²) in [6.45, 7) is 2.14. The van der Waals surface area contributed by atoms with E-state index in [4.69, 9.17) is 4.74 Å². The van der Waals surface area contributed by atoms with Crippen LogP contribution in [0.3, 0.4) is 0 Å². The van der Waals surface area contributed by atoms with Gasteiger partial charge >= 0.3 is 0 Å². The van der Waals surface area contributed by atoms with Crippen molar-refractivity contribution in [1.82, 2.24) is 0 Å². The molecule has 2 rings (SSSR count). The Kier molecular flexibility index (Phi) is 4.19. The number of hydrogen-bond donors (Lipinski definition) is 2. The first-order valence-electron chi connectivity index (χ1n) is 6.37. The van der Waals surface area contributed by atoms with Gasteiger partial charge in [-0.05, 0) is 31.7 Å². The zero-order valence-corrected chi connectivity index (χ0v) is 11.0. The third-order valence-electron chi connectivity index (χ3n) is 3.10. The normalized spacial score (nSPS) is 15.7. The molecule has 1 aromatic carbocycles. The number of aromatic hydroxyl groups is 1. The van der Waals surface area contributed by atoms with Crippen molar-refractivity contribution in [3.05, 3.63) is 28.3 Å². The summed E-state index contributed by atoms with van der Waals surface area (Å²) in [5, 5.41) is 22.7. The highest BCUT2D eigenvalue weighted by molar-refractivity contribution is 5.95. The number of nitrogens with one attached hydrogen (secondary N) is 1. The molecule has 0 aliphatic heterocycles. The highest BCUT2D eigenvalue weighted by Gasteiger charge is 2.24. The number of carbonyl (C=O) groups excluding carboxylic acids is 1. The van der Waals surface area contributed by atoms with Gasteiger partial charge in [0, 0.05) is 12.1 Å². The first-order valence-corrected chi connectivity index (χ1v) is 6.37. The molecule has 1 fully saturated rings. The summed E-state index contributed by atoms with van der Waals surface area (Å²) in [4.78, 5) is 21.9. The van der Waals surface area contributed by atoms with E-state index in [0.717, 1.165) is 25.0 Å². The quantitative estimate of drug-likeness (QED) is 0.471. The first kappa shape index (κ1) is 14.3. The van der Waals surface area contributed by atoms with E-state index >= 15 is 0 Å². The lowest BCUT2D eigenvalue weighted by Crippen LogP contribution is -2.28. The van der Waals surface area contributed by atoms with Crippen LogP contribution >= 0.6 is 0 Å². The summed E-state index contributed by atoms with van der Waals surface area (Å²) in [7, 11) is 0. The summed E-state index contributed by atoms with van der Waals surface area (Å²) in [5.74, 6) is -0.128. The second-order valence-electron chi connectivity index (χ2n) is 4.87. The fourth-order valence-electron chi connectivity index (χ4n) is 1.61. The molecule has 1 amide bonds. The Morgan fingerprint density at radius 3 is 2.90 bits per heavy atom. The van der Waals surface area contributed by atoms with Crippen LogP contribution in [0.5, 0.6) is 5.75 Å². The van der Waals surface area contributed by atoms with E-state index in [-0.39, 0.29) is 17.1 Å². The van der Waals surface area contributed by atoms with Gasteiger partial charge in [0.1, 0.15) is 11.9 Å². The van der Waals surface area contributed by atoms with Crippen molar-refractivity contribution in [2.24, 2.45) is 5.92 Å². The van der Waals surface area contributed by atoms with E-state index in [2.05, 4.69) is 5.32 Å². The molecule has 1 atom stereocenters. The maximum Gasteiger partial charge on any atom is 0.271 e. The number of amides is 1. The molecular weight excluding hydrogens is 264 g/mol. The monoisotopic (exact) mass is 280 g/mol. The molecule has 0 saturated heterocycles. The van der Waals surface area contributed by atoms with Crippen LogP contribution in [0, 0.1) is 16.0 Å². The highest BCUT2D eigenvalue weighted by atomic mass is 16.6. The first-order chi connectivity index (χ1) is 9.47. The summed E-state index contributed by atoms with van der Waals surface area (Å²) < 4.78 is 5.39. The topological polar surface area (TPSA) is 102 Å². The van der Waals surface area contributed by atoms with Gasteiger partial charge < -0.3 is 15.2 Å². The molecule has 1 aliphatic carbocycles. The number of ether oxygens (including phenoxy) is 1. The van der Waals surface area contributed by atoms with Gasteiger partial charge in [0.15, 0.2) is 0 Å². The van der Waals surface area contributed by atoms with Gasteiger partial charge in [-0.1, -0.05) is 0 Å². The van der Waals surface area contributed by atoms with Crippen LogP contribution in [0.2, 0.25) is 0 Å². The Morgan fingerprint density at radius 1 is 1.60 bits per heavy atom. The molecule has 1 aromatic rings. The predicted octanol–water partition coefficient (Wildman–Crippen LogP) is 2.05. The number of rotatable bonds is 6. The summed E-state index contributed by atoms with van der Waals surface area (Å²) in [6, 6.07) is 3.45. The largest absolute Gasteiger partial charge is 0.506 e. The number of carbonyl (C=O) groups is 1. The number of phenols is 1. The number of hydrogen-bond acceptors (Lipinski definition) is 5. The van der Waals surface area contributed by atoms with Crippen LogP contribution in [-0.2, 0) is 9.53 Å². The molecule has 0 aromatic heterocycles. The van der Waals surface area contributed by atoms with Crippen molar-refractivity contribution >= 4 is 17.3 Å². The zero-order valence-electron chi connectivity index (χ0n) is 11.0. The molecule has 20 heavy (non-hydrogen) atoms. The van der Waals surface area contributed by atoms with Crippen molar-refractivity contribution in [3.8, 4) is 5.75 Å². The van der Waals surface area contributed by atoms with Crippen LogP contribution in [0.4, 0.5) is 11.4 Å². The molecule has 1 saturated carbocycles. The minimum absolute atomic E-state index is 0.00562. The van der Waals surface area contributed by atoms with E-state index in [0.29, 0.717) is 12.5 Å². The number of non-ortho nitro benzene ring substituents is 1. The molecule has 7 nitrogen and oxygen atoms in total. The van der Waals surface area contributed by atoms with Crippen LogP contribution in [0.15, 0.2) is 18.2 Å². The molecule has 0 spiro atoms.